The van der Waals surface area contributed by atoms with Gasteiger partial charge in [0.1, 0.15) is 5.54 Å². The van der Waals surface area contributed by atoms with Gasteiger partial charge in [0.2, 0.25) is 5.76 Å². The second kappa shape index (κ2) is 4.08. The van der Waals surface area contributed by atoms with Crippen LogP contribution in [0.15, 0.2) is 16.8 Å². The number of carbonyl (C=O) groups excluding carboxylic acids is 3. The maximum absolute atomic E-state index is 12.1. The number of nitrogens with zero attached hydrogens (tertiary/aromatic N) is 2. The topological polar surface area (TPSA) is 105 Å². The van der Waals surface area contributed by atoms with Gasteiger partial charge in [0.05, 0.1) is 12.7 Å². The van der Waals surface area contributed by atoms with Gasteiger partial charge < -0.3 is 14.7 Å². The summed E-state index contributed by atoms with van der Waals surface area (Å²) >= 11 is 0. The van der Waals surface area contributed by atoms with Crippen molar-refractivity contribution in [3.63, 3.8) is 0 Å². The van der Waals surface area contributed by atoms with E-state index >= 15 is 0 Å². The van der Waals surface area contributed by atoms with Gasteiger partial charge in [0.15, 0.2) is 0 Å². The first kappa shape index (κ1) is 11.7. The van der Waals surface area contributed by atoms with Crippen molar-refractivity contribution < 1.29 is 18.9 Å². The molecule has 1 unspecified atom stereocenters. The van der Waals surface area contributed by atoms with E-state index in [0.29, 0.717) is 19.4 Å². The lowest BCUT2D eigenvalue weighted by atomic mass is 9.89. The quantitative estimate of drug-likeness (QED) is 0.665. The SMILES string of the molecule is O=C1NC(=O)C2(CCCN(C(=O)c3ccno3)C2)N1. The Hall–Kier alpha value is -2.38. The lowest BCUT2D eigenvalue weighted by Crippen LogP contribution is -2.59. The molecule has 19 heavy (non-hydrogen) atoms. The second-order valence-corrected chi connectivity index (χ2v) is 4.70. The first-order valence-corrected chi connectivity index (χ1v) is 5.94. The van der Waals surface area contributed by atoms with Crippen LogP contribution in [0.5, 0.6) is 0 Å². The van der Waals surface area contributed by atoms with E-state index in [4.69, 9.17) is 4.52 Å². The summed E-state index contributed by atoms with van der Waals surface area (Å²) in [6.45, 7) is 0.661. The van der Waals surface area contributed by atoms with Crippen LogP contribution in [0.2, 0.25) is 0 Å². The number of amides is 4. The molecule has 8 nitrogen and oxygen atoms in total. The van der Waals surface area contributed by atoms with Gasteiger partial charge in [0.25, 0.3) is 11.8 Å². The number of nitrogens with one attached hydrogen (secondary N) is 2. The van der Waals surface area contributed by atoms with Gasteiger partial charge in [-0.2, -0.15) is 0 Å². The molecule has 2 aliphatic heterocycles. The number of hydrogen-bond donors (Lipinski definition) is 2. The summed E-state index contributed by atoms with van der Waals surface area (Å²) in [4.78, 5) is 36.7. The number of likely N-dealkylation sites (tertiary alicyclic amines) is 1. The highest BCUT2D eigenvalue weighted by molar-refractivity contribution is 6.07. The smallest absolute Gasteiger partial charge is 0.322 e. The minimum Gasteiger partial charge on any atom is -0.351 e. The summed E-state index contributed by atoms with van der Waals surface area (Å²) in [5, 5.41) is 8.30. The molecule has 4 amide bonds. The van der Waals surface area contributed by atoms with Crippen molar-refractivity contribution in [2.24, 2.45) is 0 Å². The summed E-state index contributed by atoms with van der Waals surface area (Å²) in [7, 11) is 0. The number of hydrogen-bond acceptors (Lipinski definition) is 5. The van der Waals surface area contributed by atoms with Gasteiger partial charge >= 0.3 is 6.03 Å². The van der Waals surface area contributed by atoms with Crippen molar-refractivity contribution in [1.29, 1.82) is 0 Å². The fourth-order valence-electron chi connectivity index (χ4n) is 2.53. The molecule has 2 aliphatic rings. The van der Waals surface area contributed by atoms with Crippen LogP contribution in [0.3, 0.4) is 0 Å². The Balaban J connectivity index is 1.80. The van der Waals surface area contributed by atoms with Crippen molar-refractivity contribution in [3.05, 3.63) is 18.0 Å². The van der Waals surface area contributed by atoms with Gasteiger partial charge in [-0.05, 0) is 12.8 Å². The van der Waals surface area contributed by atoms with Gasteiger partial charge in [-0.25, -0.2) is 4.79 Å². The summed E-state index contributed by atoms with van der Waals surface area (Å²) in [6.07, 6.45) is 2.54. The highest BCUT2D eigenvalue weighted by Gasteiger charge is 2.49. The maximum Gasteiger partial charge on any atom is 0.322 e. The molecule has 1 atom stereocenters. The third kappa shape index (κ3) is 1.85. The molecule has 3 rings (SSSR count). The van der Waals surface area contributed by atoms with E-state index in [1.54, 1.807) is 0 Å². The molecule has 1 spiro atoms. The molecule has 2 fully saturated rings. The summed E-state index contributed by atoms with van der Waals surface area (Å²) < 4.78 is 4.82. The maximum atomic E-state index is 12.1. The number of urea groups is 1. The molecule has 0 radical (unpaired) electrons. The molecule has 1 aromatic rings. The third-order valence-corrected chi connectivity index (χ3v) is 3.44. The molecule has 2 saturated heterocycles. The normalized spacial score (nSPS) is 26.4. The average molecular weight is 264 g/mol. The first-order chi connectivity index (χ1) is 9.11. The predicted octanol–water partition coefficient (Wildman–Crippen LogP) is -0.511. The lowest BCUT2D eigenvalue weighted by molar-refractivity contribution is -0.125. The highest BCUT2D eigenvalue weighted by atomic mass is 16.5. The fraction of sp³-hybridized carbons (Fsp3) is 0.455. The van der Waals surface area contributed by atoms with Gasteiger partial charge in [-0.15, -0.1) is 0 Å². The van der Waals surface area contributed by atoms with Gasteiger partial charge in [0, 0.05) is 12.6 Å². The van der Waals surface area contributed by atoms with Crippen molar-refractivity contribution in [2.45, 2.75) is 18.4 Å². The Kier molecular flexibility index (Phi) is 2.51. The average Bonchev–Trinajstić information content (AvgIpc) is 2.99. The van der Waals surface area contributed by atoms with E-state index in [1.165, 1.54) is 17.2 Å². The number of piperidine rings is 1. The minimum atomic E-state index is -1.01. The second-order valence-electron chi connectivity index (χ2n) is 4.70. The van der Waals surface area contributed by atoms with E-state index in [1.807, 2.05) is 0 Å². The molecule has 2 N–H and O–H groups in total. The molecule has 0 saturated carbocycles. The largest absolute Gasteiger partial charge is 0.351 e. The molecular formula is C11H12N4O4. The molecule has 1 aromatic heterocycles. The summed E-state index contributed by atoms with van der Waals surface area (Å²) in [5.74, 6) is -0.583. The van der Waals surface area contributed by atoms with Crippen LogP contribution in [-0.4, -0.2) is 46.5 Å². The van der Waals surface area contributed by atoms with Crippen molar-refractivity contribution >= 4 is 17.8 Å². The first-order valence-electron chi connectivity index (χ1n) is 5.94. The Morgan fingerprint density at radius 2 is 2.32 bits per heavy atom. The molecule has 0 bridgehead atoms. The van der Waals surface area contributed by atoms with E-state index in [2.05, 4.69) is 15.8 Å². The zero-order valence-corrected chi connectivity index (χ0v) is 10.0. The number of rotatable bonds is 1. The molecule has 100 valence electrons. The van der Waals surface area contributed by atoms with Crippen LogP contribution < -0.4 is 10.6 Å². The Morgan fingerprint density at radius 3 is 2.95 bits per heavy atom. The minimum absolute atomic E-state index is 0.127. The van der Waals surface area contributed by atoms with Crippen molar-refractivity contribution in [2.75, 3.05) is 13.1 Å². The van der Waals surface area contributed by atoms with Crippen LogP contribution in [0.1, 0.15) is 23.4 Å². The molecular weight excluding hydrogens is 252 g/mol. The van der Waals surface area contributed by atoms with Crippen LogP contribution in [0, 0.1) is 0 Å². The lowest BCUT2D eigenvalue weighted by Gasteiger charge is -2.37. The highest BCUT2D eigenvalue weighted by Crippen LogP contribution is 2.25. The predicted molar refractivity (Wildman–Crippen MR) is 61.0 cm³/mol. The number of aromatic nitrogens is 1. The molecule has 0 aliphatic carbocycles. The van der Waals surface area contributed by atoms with Gasteiger partial charge in [-0.3, -0.25) is 14.9 Å². The summed E-state index contributed by atoms with van der Waals surface area (Å²) in [5.41, 5.74) is -1.01. The monoisotopic (exact) mass is 264 g/mol. The van der Waals surface area contributed by atoms with E-state index in [9.17, 15) is 14.4 Å². The van der Waals surface area contributed by atoms with E-state index < -0.39 is 11.6 Å². The number of imide groups is 1. The van der Waals surface area contributed by atoms with Crippen LogP contribution in [-0.2, 0) is 4.79 Å². The van der Waals surface area contributed by atoms with Crippen molar-refractivity contribution in [1.82, 2.24) is 20.7 Å². The van der Waals surface area contributed by atoms with E-state index in [0.717, 1.165) is 0 Å². The zero-order chi connectivity index (χ0) is 13.5. The summed E-state index contributed by atoms with van der Waals surface area (Å²) in [6, 6.07) is 0.954. The molecule has 0 aromatic carbocycles. The Bertz CT molecular complexity index is 541. The molecule has 8 heteroatoms. The molecule has 3 heterocycles. The zero-order valence-electron chi connectivity index (χ0n) is 10.0. The number of carbonyl (C=O) groups is 3. The Labute approximate surface area is 108 Å². The standard InChI is InChI=1S/C11H12N4O4/c16-8(7-2-4-12-19-7)15-5-1-3-11(6-15)9(17)13-10(18)14-11/h2,4H,1,3,5-6H2,(H2,13,14,17,18). The van der Waals surface area contributed by atoms with Crippen LogP contribution >= 0.6 is 0 Å². The fourth-order valence-corrected chi connectivity index (χ4v) is 2.53. The van der Waals surface area contributed by atoms with Crippen LogP contribution in [0.4, 0.5) is 4.79 Å². The Morgan fingerprint density at radius 1 is 1.47 bits per heavy atom. The van der Waals surface area contributed by atoms with Gasteiger partial charge in [-0.1, -0.05) is 5.16 Å². The third-order valence-electron chi connectivity index (χ3n) is 3.44. The van der Waals surface area contributed by atoms with E-state index in [-0.39, 0.29) is 24.1 Å². The van der Waals surface area contributed by atoms with Crippen LogP contribution in [0.25, 0.3) is 0 Å². The van der Waals surface area contributed by atoms with Crippen molar-refractivity contribution in [3.8, 4) is 0 Å².